The molecule has 0 aromatic heterocycles. The average Bonchev–Trinajstić information content (AvgIpc) is 2.50. The number of methoxy groups -OCH3 is 1. The third-order valence-corrected chi connectivity index (χ3v) is 2.60. The minimum absolute atomic E-state index is 0.0498. The van der Waals surface area contributed by atoms with E-state index < -0.39 is 5.97 Å². The van der Waals surface area contributed by atoms with Crippen LogP contribution in [0.1, 0.15) is 73.6 Å². The largest absolute Gasteiger partial charge is 0.468 e. The number of nitrogens with one attached hydrogen (secondary N) is 1. The fourth-order valence-corrected chi connectivity index (χ4v) is 1.58. The molecule has 0 aliphatic heterocycles. The van der Waals surface area contributed by atoms with Crippen molar-refractivity contribution in [3.8, 4) is 0 Å². The van der Waals surface area contributed by atoms with E-state index in [1.807, 2.05) is 27.7 Å². The van der Waals surface area contributed by atoms with E-state index in [1.165, 1.54) is 46.1 Å². The maximum atomic E-state index is 10.3. The van der Waals surface area contributed by atoms with E-state index in [0.29, 0.717) is 0 Å². The third kappa shape index (κ3) is 22.1. The van der Waals surface area contributed by atoms with Crippen LogP contribution in [0.15, 0.2) is 0 Å². The zero-order valence-electron chi connectivity index (χ0n) is 14.5. The second-order valence-corrected chi connectivity index (χ2v) is 4.23. The Morgan fingerprint density at radius 1 is 1.05 bits per heavy atom. The van der Waals surface area contributed by atoms with E-state index in [4.69, 9.17) is 0 Å². The highest BCUT2D eigenvalue weighted by Crippen LogP contribution is 2.22. The molecular formula is C16H35NO3. The first kappa shape index (κ1) is 24.0. The summed E-state index contributed by atoms with van der Waals surface area (Å²) in [6.07, 6.45) is 7.44. The number of hydrogen-bond donors (Lipinski definition) is 1. The van der Waals surface area contributed by atoms with Gasteiger partial charge in [-0.1, -0.05) is 66.7 Å². The van der Waals surface area contributed by atoms with E-state index in [-0.39, 0.29) is 12.5 Å². The lowest BCUT2D eigenvalue weighted by Gasteiger charge is -2.15. The summed E-state index contributed by atoms with van der Waals surface area (Å²) in [5, 5.41) is 2.28. The highest BCUT2D eigenvalue weighted by atomic mass is 16.5. The molecule has 4 heteroatoms. The summed E-state index contributed by atoms with van der Waals surface area (Å²) in [4.78, 5) is 20.4. The van der Waals surface area contributed by atoms with Crippen molar-refractivity contribution in [1.29, 1.82) is 0 Å². The molecule has 1 rings (SSSR count). The Balaban J connectivity index is -0.000000234. The highest BCUT2D eigenvalue weighted by molar-refractivity contribution is 5.80. The van der Waals surface area contributed by atoms with E-state index in [9.17, 15) is 9.59 Å². The van der Waals surface area contributed by atoms with Gasteiger partial charge in [0.05, 0.1) is 7.11 Å². The molecule has 1 saturated carbocycles. The monoisotopic (exact) mass is 289 g/mol. The standard InChI is InChI=1S/C7H14.C5H9NO3.2C2H6/c1-7-5-3-2-4-6-7;1-4(7)6-3-5(8)9-2;2*1-2/h7H,2-6H2,1H3;3H2,1-2H3,(H,6,7);2*1-2H3. The minimum atomic E-state index is -0.440. The van der Waals surface area contributed by atoms with E-state index in [2.05, 4.69) is 17.0 Å². The summed E-state index contributed by atoms with van der Waals surface area (Å²) >= 11 is 0. The van der Waals surface area contributed by atoms with Gasteiger partial charge in [-0.3, -0.25) is 9.59 Å². The van der Waals surface area contributed by atoms with Gasteiger partial charge in [0.25, 0.3) is 0 Å². The first-order chi connectivity index (χ1) is 9.56. The summed E-state index contributed by atoms with van der Waals surface area (Å²) < 4.78 is 4.25. The first-order valence-corrected chi connectivity index (χ1v) is 7.87. The first-order valence-electron chi connectivity index (χ1n) is 7.87. The molecule has 1 aliphatic carbocycles. The van der Waals surface area contributed by atoms with Gasteiger partial charge in [0.15, 0.2) is 0 Å². The summed E-state index contributed by atoms with van der Waals surface area (Å²) in [6, 6.07) is 0. The van der Waals surface area contributed by atoms with Gasteiger partial charge in [-0.15, -0.1) is 0 Å². The van der Waals surface area contributed by atoms with Crippen molar-refractivity contribution in [3.63, 3.8) is 0 Å². The van der Waals surface area contributed by atoms with Crippen LogP contribution in [0, 0.1) is 5.92 Å². The zero-order chi connectivity index (χ0) is 16.4. The van der Waals surface area contributed by atoms with Gasteiger partial charge in [-0.05, 0) is 5.92 Å². The number of carbonyl (C=O) groups is 2. The lowest BCUT2D eigenvalue weighted by atomic mass is 9.91. The van der Waals surface area contributed by atoms with E-state index in [0.717, 1.165) is 5.92 Å². The summed E-state index contributed by atoms with van der Waals surface area (Å²) in [6.45, 7) is 11.6. The minimum Gasteiger partial charge on any atom is -0.468 e. The maximum Gasteiger partial charge on any atom is 0.325 e. The molecular weight excluding hydrogens is 254 g/mol. The smallest absolute Gasteiger partial charge is 0.325 e. The van der Waals surface area contributed by atoms with Crippen molar-refractivity contribution in [2.24, 2.45) is 5.92 Å². The number of rotatable bonds is 2. The normalized spacial score (nSPS) is 13.2. The molecule has 0 radical (unpaired) electrons. The number of esters is 1. The average molecular weight is 289 g/mol. The molecule has 0 unspecified atom stereocenters. The van der Waals surface area contributed by atoms with Crippen molar-refractivity contribution in [3.05, 3.63) is 0 Å². The van der Waals surface area contributed by atoms with Gasteiger partial charge in [-0.2, -0.15) is 0 Å². The number of carbonyl (C=O) groups excluding carboxylic acids is 2. The molecule has 0 saturated heterocycles. The van der Waals surface area contributed by atoms with Crippen LogP contribution < -0.4 is 5.32 Å². The topological polar surface area (TPSA) is 55.4 Å². The fourth-order valence-electron chi connectivity index (χ4n) is 1.58. The van der Waals surface area contributed by atoms with Crippen molar-refractivity contribution in [2.75, 3.05) is 13.7 Å². The molecule has 0 atom stereocenters. The van der Waals surface area contributed by atoms with Crippen LogP contribution in [0.2, 0.25) is 0 Å². The summed E-state index contributed by atoms with van der Waals surface area (Å²) in [5.74, 6) is 0.361. The van der Waals surface area contributed by atoms with Crippen LogP contribution in [0.4, 0.5) is 0 Å². The van der Waals surface area contributed by atoms with Gasteiger partial charge in [0.1, 0.15) is 6.54 Å². The Morgan fingerprint density at radius 3 is 1.75 bits per heavy atom. The van der Waals surface area contributed by atoms with Crippen molar-refractivity contribution < 1.29 is 14.3 Å². The SMILES string of the molecule is CC.CC.CC1CCCCC1.COC(=O)CNC(C)=O. The van der Waals surface area contributed by atoms with Crippen molar-refractivity contribution >= 4 is 11.9 Å². The molecule has 0 bridgehead atoms. The van der Waals surface area contributed by atoms with Crippen LogP contribution in [0.5, 0.6) is 0 Å². The van der Waals surface area contributed by atoms with Gasteiger partial charge in [-0.25, -0.2) is 0 Å². The molecule has 122 valence electrons. The second-order valence-electron chi connectivity index (χ2n) is 4.23. The van der Waals surface area contributed by atoms with Gasteiger partial charge >= 0.3 is 5.97 Å². The summed E-state index contributed by atoms with van der Waals surface area (Å²) in [7, 11) is 1.27. The van der Waals surface area contributed by atoms with Crippen molar-refractivity contribution in [2.45, 2.75) is 73.6 Å². The summed E-state index contributed by atoms with van der Waals surface area (Å²) in [5.41, 5.74) is 0. The number of amides is 1. The van der Waals surface area contributed by atoms with Gasteiger partial charge in [0, 0.05) is 6.92 Å². The molecule has 1 N–H and O–H groups in total. The molecule has 0 heterocycles. The quantitative estimate of drug-likeness (QED) is 0.783. The van der Waals surface area contributed by atoms with Gasteiger partial charge < -0.3 is 10.1 Å². The fraction of sp³-hybridized carbons (Fsp3) is 0.875. The molecule has 1 amide bonds. The molecule has 0 aromatic rings. The van der Waals surface area contributed by atoms with E-state index >= 15 is 0 Å². The van der Waals surface area contributed by atoms with E-state index in [1.54, 1.807) is 0 Å². The van der Waals surface area contributed by atoms with Crippen LogP contribution >= 0.6 is 0 Å². The van der Waals surface area contributed by atoms with Crippen molar-refractivity contribution in [1.82, 2.24) is 5.32 Å². The predicted octanol–water partition coefficient (Wildman–Crippen LogP) is 3.93. The van der Waals surface area contributed by atoms with Crippen LogP contribution in [-0.4, -0.2) is 25.5 Å². The Kier molecular flexibility index (Phi) is 24.3. The molecule has 1 fully saturated rings. The second kappa shape index (κ2) is 20.3. The zero-order valence-corrected chi connectivity index (χ0v) is 14.5. The van der Waals surface area contributed by atoms with Crippen LogP contribution in [0.25, 0.3) is 0 Å². The molecule has 1 aliphatic rings. The lowest BCUT2D eigenvalue weighted by Crippen LogP contribution is -2.27. The molecule has 0 aromatic carbocycles. The Labute approximate surface area is 125 Å². The Bertz CT molecular complexity index is 212. The third-order valence-electron chi connectivity index (χ3n) is 2.60. The maximum absolute atomic E-state index is 10.3. The Hall–Kier alpha value is -1.06. The molecule has 4 nitrogen and oxygen atoms in total. The number of ether oxygens (including phenoxy) is 1. The van der Waals surface area contributed by atoms with Gasteiger partial charge in [0.2, 0.25) is 5.91 Å². The van der Waals surface area contributed by atoms with Crippen LogP contribution in [-0.2, 0) is 14.3 Å². The Morgan fingerprint density at radius 2 is 1.50 bits per heavy atom. The molecule has 20 heavy (non-hydrogen) atoms. The lowest BCUT2D eigenvalue weighted by molar-refractivity contribution is -0.140. The predicted molar refractivity (Wildman–Crippen MR) is 85.6 cm³/mol. The van der Waals surface area contributed by atoms with Crippen LogP contribution in [0.3, 0.4) is 0 Å². The highest BCUT2D eigenvalue weighted by Gasteiger charge is 2.05. The molecule has 0 spiro atoms. The number of hydrogen-bond acceptors (Lipinski definition) is 3.